The number of alkyl halides is 2. The highest BCUT2D eigenvalue weighted by atomic mass is 32.2. The highest BCUT2D eigenvalue weighted by Crippen LogP contribution is 2.46. The molecule has 0 atom stereocenters. The first-order chi connectivity index (χ1) is 14.2. The van der Waals surface area contributed by atoms with Crippen LogP contribution in [0.15, 0.2) is 17.0 Å². The van der Waals surface area contributed by atoms with E-state index in [0.29, 0.717) is 24.7 Å². The molecule has 0 amide bonds. The zero-order valence-electron chi connectivity index (χ0n) is 17.3. The Bertz CT molecular complexity index is 910. The summed E-state index contributed by atoms with van der Waals surface area (Å²) in [5.41, 5.74) is 0.0258. The van der Waals surface area contributed by atoms with E-state index in [1.807, 2.05) is 0 Å². The predicted molar refractivity (Wildman–Crippen MR) is 107 cm³/mol. The quantitative estimate of drug-likeness (QED) is 0.679. The maximum Gasteiger partial charge on any atom is 0.286 e. The van der Waals surface area contributed by atoms with Gasteiger partial charge in [0.25, 0.3) is 5.92 Å². The fourth-order valence-corrected chi connectivity index (χ4v) is 6.99. The first kappa shape index (κ1) is 20.7. The molecule has 166 valence electrons. The molecule has 4 aliphatic rings. The maximum atomic E-state index is 13.7. The zero-order chi connectivity index (χ0) is 21.1. The van der Waals surface area contributed by atoms with Crippen molar-refractivity contribution in [3.05, 3.63) is 23.5 Å². The second-order valence-electron chi connectivity index (χ2n) is 9.74. The zero-order valence-corrected chi connectivity index (χ0v) is 18.1. The number of pyridine rings is 1. The molecule has 1 aromatic rings. The van der Waals surface area contributed by atoms with E-state index >= 15 is 0 Å². The molecule has 1 aromatic heterocycles. The van der Waals surface area contributed by atoms with Crippen molar-refractivity contribution in [1.29, 1.82) is 0 Å². The van der Waals surface area contributed by atoms with Crippen molar-refractivity contribution in [2.45, 2.75) is 49.3 Å². The normalized spacial score (nSPS) is 25.8. The molecule has 1 spiro atoms. The topological polar surface area (TPSA) is 62.7 Å². The third-order valence-corrected chi connectivity index (χ3v) is 8.76. The summed E-state index contributed by atoms with van der Waals surface area (Å²) in [6, 6.07) is 2.50. The molecular weight excluding hydrogens is 412 g/mol. The van der Waals surface area contributed by atoms with Crippen molar-refractivity contribution in [3.63, 3.8) is 0 Å². The lowest BCUT2D eigenvalue weighted by atomic mass is 9.74. The van der Waals surface area contributed by atoms with Crippen molar-refractivity contribution >= 4 is 10.0 Å². The van der Waals surface area contributed by atoms with Gasteiger partial charge in [-0.15, -0.1) is 0 Å². The maximum absolute atomic E-state index is 13.7. The lowest BCUT2D eigenvalue weighted by molar-refractivity contribution is -0.0912. The second-order valence-corrected chi connectivity index (χ2v) is 11.6. The Morgan fingerprint density at radius 2 is 1.80 bits per heavy atom. The molecule has 0 bridgehead atoms. The molecule has 4 fully saturated rings. The van der Waals surface area contributed by atoms with Crippen LogP contribution in [0, 0.1) is 11.3 Å². The Morgan fingerprint density at radius 3 is 2.40 bits per heavy atom. The summed E-state index contributed by atoms with van der Waals surface area (Å²) in [6.07, 6.45) is 3.82. The number of rotatable bonds is 6. The van der Waals surface area contributed by atoms with Gasteiger partial charge in [-0.2, -0.15) is 13.1 Å². The van der Waals surface area contributed by atoms with Gasteiger partial charge in [0.2, 0.25) is 10.0 Å². The molecule has 3 aliphatic heterocycles. The van der Waals surface area contributed by atoms with E-state index in [9.17, 15) is 17.2 Å². The third-order valence-electron chi connectivity index (χ3n) is 6.92. The van der Waals surface area contributed by atoms with Gasteiger partial charge in [0.05, 0.1) is 5.69 Å². The molecule has 9 heteroatoms. The first-order valence-electron chi connectivity index (χ1n) is 10.9. The van der Waals surface area contributed by atoms with Crippen LogP contribution in [0.4, 0.5) is 8.78 Å². The standard InChI is InChI=1S/C21H29F2N3O3S/c1-20(22,23)18-5-4-17(19(24-18)16-2-3-16)30(27,28)26-13-21(14-26)11-25(12-21)10-15-6-8-29-9-7-15/h4-5,15-16H,2-3,6-14H2,1H3. The minimum absolute atomic E-state index is 0.0222. The smallest absolute Gasteiger partial charge is 0.286 e. The molecule has 0 N–H and O–H groups in total. The van der Waals surface area contributed by atoms with Crippen molar-refractivity contribution in [2.24, 2.45) is 11.3 Å². The van der Waals surface area contributed by atoms with Crippen LogP contribution >= 0.6 is 0 Å². The van der Waals surface area contributed by atoms with E-state index in [-0.39, 0.29) is 21.9 Å². The van der Waals surface area contributed by atoms with Crippen molar-refractivity contribution in [2.75, 3.05) is 45.9 Å². The van der Waals surface area contributed by atoms with Crippen molar-refractivity contribution in [3.8, 4) is 0 Å². The summed E-state index contributed by atoms with van der Waals surface area (Å²) in [5, 5.41) is 0. The van der Waals surface area contributed by atoms with Gasteiger partial charge < -0.3 is 9.64 Å². The Hall–Kier alpha value is -1.16. The number of ether oxygens (including phenoxy) is 1. The van der Waals surface area contributed by atoms with Gasteiger partial charge >= 0.3 is 0 Å². The molecule has 1 saturated carbocycles. The number of halogens is 2. The summed E-state index contributed by atoms with van der Waals surface area (Å²) in [5.74, 6) is -2.42. The fraction of sp³-hybridized carbons (Fsp3) is 0.762. The molecule has 4 heterocycles. The van der Waals surface area contributed by atoms with Gasteiger partial charge in [0.15, 0.2) is 0 Å². The molecule has 0 aromatic carbocycles. The van der Waals surface area contributed by atoms with Crippen LogP contribution in [0.2, 0.25) is 0 Å². The van der Waals surface area contributed by atoms with Gasteiger partial charge in [-0.3, -0.25) is 0 Å². The summed E-state index contributed by atoms with van der Waals surface area (Å²) >= 11 is 0. The van der Waals surface area contributed by atoms with E-state index < -0.39 is 15.9 Å². The van der Waals surface area contributed by atoms with Crippen LogP contribution in [0.3, 0.4) is 0 Å². The Labute approximate surface area is 176 Å². The predicted octanol–water partition coefficient (Wildman–Crippen LogP) is 2.80. The number of aromatic nitrogens is 1. The van der Waals surface area contributed by atoms with Crippen molar-refractivity contribution in [1.82, 2.24) is 14.2 Å². The van der Waals surface area contributed by atoms with E-state index in [0.717, 1.165) is 71.5 Å². The minimum Gasteiger partial charge on any atom is -0.381 e. The Balaban J connectivity index is 1.24. The molecule has 0 unspecified atom stereocenters. The van der Waals surface area contributed by atoms with E-state index in [4.69, 9.17) is 4.74 Å². The van der Waals surface area contributed by atoms with Crippen LogP contribution in [0.5, 0.6) is 0 Å². The second kappa shape index (κ2) is 7.18. The van der Waals surface area contributed by atoms with Crippen LogP contribution < -0.4 is 0 Å². The van der Waals surface area contributed by atoms with Gasteiger partial charge in [0.1, 0.15) is 10.6 Å². The van der Waals surface area contributed by atoms with Crippen LogP contribution in [0.25, 0.3) is 0 Å². The van der Waals surface area contributed by atoms with Gasteiger partial charge in [-0.25, -0.2) is 13.4 Å². The molecular formula is C21H29F2N3O3S. The minimum atomic E-state index is -3.70. The largest absolute Gasteiger partial charge is 0.381 e. The SMILES string of the molecule is CC(F)(F)c1ccc(S(=O)(=O)N2CC3(CN(CC4CCOCC4)C3)C2)c(C2CC2)n1. The average molecular weight is 442 g/mol. The monoisotopic (exact) mass is 441 g/mol. The fourth-order valence-electron chi connectivity index (χ4n) is 5.11. The molecule has 1 aliphatic carbocycles. The molecule has 3 saturated heterocycles. The van der Waals surface area contributed by atoms with Gasteiger partial charge in [-0.1, -0.05) is 0 Å². The Morgan fingerprint density at radius 1 is 1.13 bits per heavy atom. The third kappa shape index (κ3) is 3.78. The summed E-state index contributed by atoms with van der Waals surface area (Å²) in [6.45, 7) is 6.44. The highest BCUT2D eigenvalue weighted by Gasteiger charge is 2.55. The van der Waals surface area contributed by atoms with E-state index in [1.54, 1.807) is 0 Å². The van der Waals surface area contributed by atoms with Gasteiger partial charge in [-0.05, 0) is 43.7 Å². The number of hydrogen-bond acceptors (Lipinski definition) is 5. The summed E-state index contributed by atoms with van der Waals surface area (Å²) < 4.78 is 60.8. The molecule has 5 rings (SSSR count). The molecule has 0 radical (unpaired) electrons. The number of likely N-dealkylation sites (tertiary alicyclic amines) is 1. The van der Waals surface area contributed by atoms with Crippen LogP contribution in [-0.2, 0) is 20.7 Å². The average Bonchev–Trinajstić information content (AvgIpc) is 3.47. The number of sulfonamides is 1. The van der Waals surface area contributed by atoms with Gasteiger partial charge in [0, 0.05) is 64.2 Å². The first-order valence-corrected chi connectivity index (χ1v) is 12.3. The number of nitrogens with zero attached hydrogens (tertiary/aromatic N) is 3. The lowest BCUT2D eigenvalue weighted by Gasteiger charge is -2.60. The molecule has 6 nitrogen and oxygen atoms in total. The lowest BCUT2D eigenvalue weighted by Crippen LogP contribution is -2.73. The van der Waals surface area contributed by atoms with E-state index in [2.05, 4.69) is 9.88 Å². The summed E-state index contributed by atoms with van der Waals surface area (Å²) in [7, 11) is -3.70. The highest BCUT2D eigenvalue weighted by molar-refractivity contribution is 7.89. The molecule has 30 heavy (non-hydrogen) atoms. The van der Waals surface area contributed by atoms with Crippen molar-refractivity contribution < 1.29 is 21.9 Å². The number of hydrogen-bond donors (Lipinski definition) is 0. The van der Waals surface area contributed by atoms with E-state index in [1.165, 1.54) is 10.4 Å². The summed E-state index contributed by atoms with van der Waals surface area (Å²) in [4.78, 5) is 6.63. The van der Waals surface area contributed by atoms with Crippen LogP contribution in [0.1, 0.15) is 49.9 Å². The Kier molecular flexibility index (Phi) is 4.96. The van der Waals surface area contributed by atoms with Crippen LogP contribution in [-0.4, -0.2) is 68.5 Å².